The van der Waals surface area contributed by atoms with E-state index in [1.165, 1.54) is 5.56 Å². The largest absolute Gasteiger partial charge is 0.661 e. The lowest BCUT2D eigenvalue weighted by Crippen LogP contribution is -2.19. The van der Waals surface area contributed by atoms with E-state index in [1.54, 1.807) is 0 Å². The van der Waals surface area contributed by atoms with Gasteiger partial charge in [-0.1, -0.05) is 53.7 Å². The van der Waals surface area contributed by atoms with Gasteiger partial charge in [0, 0.05) is 0 Å². The fourth-order valence-electron chi connectivity index (χ4n) is 2.23. The van der Waals surface area contributed by atoms with Crippen molar-refractivity contribution in [1.29, 1.82) is 0 Å². The first-order valence-electron chi connectivity index (χ1n) is 6.81. The number of carbonyl (C=O) groups is 1. The van der Waals surface area contributed by atoms with Gasteiger partial charge >= 0.3 is 5.97 Å². The van der Waals surface area contributed by atoms with E-state index in [2.05, 4.69) is 18.7 Å². The Morgan fingerprint density at radius 3 is 1.63 bits per heavy atom. The van der Waals surface area contributed by atoms with Crippen molar-refractivity contribution in [1.82, 2.24) is 0 Å². The molecular weight excluding hydrogens is 240 g/mol. The second-order valence-electron chi connectivity index (χ2n) is 5.91. The molecule has 1 aromatic carbocycles. The molecule has 1 rings (SSSR count). The van der Waals surface area contributed by atoms with E-state index in [0.29, 0.717) is 11.5 Å². The third kappa shape index (κ3) is 3.35. The smallest absolute Gasteiger partial charge is 0.332 e. The maximum Gasteiger partial charge on any atom is 0.332 e. The van der Waals surface area contributed by atoms with Crippen LogP contribution in [-0.4, -0.2) is 5.97 Å². The van der Waals surface area contributed by atoms with Crippen LogP contribution in [0.4, 0.5) is 0 Å². The molecule has 0 bridgehead atoms. The SMILES string of the molecule is CC(C)c1cc(C(C)C)c(C(=O)O[O-])c(C(C)C)c1. The minimum Gasteiger partial charge on any atom is -0.661 e. The summed E-state index contributed by atoms with van der Waals surface area (Å²) in [4.78, 5) is 15.5. The molecule has 0 fully saturated rings. The van der Waals surface area contributed by atoms with Gasteiger partial charge in [-0.05, 0) is 34.4 Å². The topological polar surface area (TPSA) is 49.4 Å². The Hall–Kier alpha value is -1.35. The molecule has 3 nitrogen and oxygen atoms in total. The first-order valence-corrected chi connectivity index (χ1v) is 6.81. The summed E-state index contributed by atoms with van der Waals surface area (Å²) >= 11 is 0. The Morgan fingerprint density at radius 2 is 1.37 bits per heavy atom. The third-order valence-corrected chi connectivity index (χ3v) is 3.41. The van der Waals surface area contributed by atoms with Gasteiger partial charge in [-0.2, -0.15) is 0 Å². The summed E-state index contributed by atoms with van der Waals surface area (Å²) in [5.41, 5.74) is 3.44. The summed E-state index contributed by atoms with van der Waals surface area (Å²) in [6.07, 6.45) is 0. The lowest BCUT2D eigenvalue weighted by atomic mass is 9.84. The summed E-state index contributed by atoms with van der Waals surface area (Å²) in [5, 5.41) is 10.5. The van der Waals surface area contributed by atoms with Crippen LogP contribution in [-0.2, 0) is 4.89 Å². The van der Waals surface area contributed by atoms with E-state index in [1.807, 2.05) is 39.8 Å². The van der Waals surface area contributed by atoms with Gasteiger partial charge in [-0.25, -0.2) is 4.79 Å². The lowest BCUT2D eigenvalue weighted by molar-refractivity contribution is -0.653. The van der Waals surface area contributed by atoms with E-state index in [-0.39, 0.29) is 11.8 Å². The third-order valence-electron chi connectivity index (χ3n) is 3.41. The van der Waals surface area contributed by atoms with Gasteiger partial charge in [-0.3, -0.25) is 0 Å². The molecule has 0 atom stereocenters. The predicted molar refractivity (Wildman–Crippen MR) is 74.1 cm³/mol. The maximum absolute atomic E-state index is 11.8. The van der Waals surface area contributed by atoms with Crippen LogP contribution in [0, 0.1) is 0 Å². The maximum atomic E-state index is 11.8. The van der Waals surface area contributed by atoms with Crippen molar-refractivity contribution in [3.63, 3.8) is 0 Å². The number of hydrogen-bond acceptors (Lipinski definition) is 3. The van der Waals surface area contributed by atoms with E-state index in [9.17, 15) is 10.1 Å². The second-order valence-corrected chi connectivity index (χ2v) is 5.91. The molecule has 0 N–H and O–H groups in total. The van der Waals surface area contributed by atoms with Gasteiger partial charge in [0.15, 0.2) is 0 Å². The summed E-state index contributed by atoms with van der Waals surface area (Å²) in [5.74, 6) is -0.0503. The van der Waals surface area contributed by atoms with Crippen molar-refractivity contribution in [2.24, 2.45) is 0 Å². The zero-order valence-electron chi connectivity index (χ0n) is 12.6. The number of carbonyl (C=O) groups excluding carboxylic acids is 1. The van der Waals surface area contributed by atoms with Crippen LogP contribution in [0.3, 0.4) is 0 Å². The zero-order chi connectivity index (χ0) is 14.7. The first-order chi connectivity index (χ1) is 8.79. The Bertz CT molecular complexity index is 430. The summed E-state index contributed by atoms with van der Waals surface area (Å²) < 4.78 is 0. The van der Waals surface area contributed by atoms with Gasteiger partial charge in [0.05, 0.1) is 5.56 Å². The normalized spacial score (nSPS) is 11.5. The van der Waals surface area contributed by atoms with Crippen LogP contribution in [0.5, 0.6) is 0 Å². The molecule has 3 heteroatoms. The molecule has 0 saturated carbocycles. The molecule has 106 valence electrons. The van der Waals surface area contributed by atoms with E-state index in [4.69, 9.17) is 0 Å². The lowest BCUT2D eigenvalue weighted by Gasteiger charge is -2.22. The molecule has 0 radical (unpaired) electrons. The highest BCUT2D eigenvalue weighted by atomic mass is 17.1. The van der Waals surface area contributed by atoms with E-state index in [0.717, 1.165) is 11.1 Å². The van der Waals surface area contributed by atoms with Crippen molar-refractivity contribution < 1.29 is 14.9 Å². The fraction of sp³-hybridized carbons (Fsp3) is 0.562. The van der Waals surface area contributed by atoms with Crippen LogP contribution in [0.25, 0.3) is 0 Å². The Morgan fingerprint density at radius 1 is 0.947 bits per heavy atom. The van der Waals surface area contributed by atoms with Crippen molar-refractivity contribution >= 4 is 5.97 Å². The summed E-state index contributed by atoms with van der Waals surface area (Å²) in [6, 6.07) is 4.04. The molecule has 1 aromatic rings. The molecule has 0 amide bonds. The molecule has 0 aliphatic carbocycles. The minimum absolute atomic E-state index is 0.172. The van der Waals surface area contributed by atoms with Crippen LogP contribution in [0.2, 0.25) is 0 Å². The minimum atomic E-state index is -0.775. The highest BCUT2D eigenvalue weighted by molar-refractivity contribution is 5.93. The Labute approximate surface area is 115 Å². The van der Waals surface area contributed by atoms with Crippen LogP contribution in [0.15, 0.2) is 12.1 Å². The summed E-state index contributed by atoms with van der Waals surface area (Å²) in [7, 11) is 0. The molecule has 19 heavy (non-hydrogen) atoms. The molecule has 0 aromatic heterocycles. The monoisotopic (exact) mass is 263 g/mol. The molecular formula is C16H23O3-. The standard InChI is InChI=1S/C16H24O3/c1-9(2)12-7-13(10(3)4)15(16(17)19-18)14(8-12)11(5)6/h7-11,18H,1-6H3/p-1. The van der Waals surface area contributed by atoms with Gasteiger partial charge in [0.25, 0.3) is 0 Å². The average molecular weight is 263 g/mol. The van der Waals surface area contributed by atoms with Crippen molar-refractivity contribution in [3.05, 3.63) is 34.4 Å². The molecule has 0 saturated heterocycles. The molecule has 0 unspecified atom stereocenters. The number of hydrogen-bond donors (Lipinski definition) is 0. The van der Waals surface area contributed by atoms with Crippen LogP contribution in [0.1, 0.15) is 86.3 Å². The second kappa shape index (κ2) is 6.20. The van der Waals surface area contributed by atoms with Crippen LogP contribution < -0.4 is 5.26 Å². The van der Waals surface area contributed by atoms with E-state index < -0.39 is 5.97 Å². The number of rotatable bonds is 4. The van der Waals surface area contributed by atoms with Gasteiger partial charge in [0.1, 0.15) is 0 Å². The fourth-order valence-corrected chi connectivity index (χ4v) is 2.23. The number of benzene rings is 1. The highest BCUT2D eigenvalue weighted by Gasteiger charge is 2.21. The molecule has 0 aliphatic heterocycles. The molecule has 0 aliphatic rings. The first kappa shape index (κ1) is 15.7. The Kier molecular flexibility index (Phi) is 5.12. The molecule has 0 heterocycles. The van der Waals surface area contributed by atoms with Crippen molar-refractivity contribution in [3.8, 4) is 0 Å². The van der Waals surface area contributed by atoms with E-state index >= 15 is 0 Å². The molecule has 0 spiro atoms. The van der Waals surface area contributed by atoms with Crippen molar-refractivity contribution in [2.45, 2.75) is 59.3 Å². The van der Waals surface area contributed by atoms with Crippen LogP contribution >= 0.6 is 0 Å². The average Bonchev–Trinajstić information content (AvgIpc) is 2.35. The van der Waals surface area contributed by atoms with Gasteiger partial charge < -0.3 is 10.1 Å². The Balaban J connectivity index is 3.60. The quantitative estimate of drug-likeness (QED) is 0.617. The van der Waals surface area contributed by atoms with Gasteiger partial charge in [0.2, 0.25) is 0 Å². The predicted octanol–water partition coefficient (Wildman–Crippen LogP) is 3.49. The van der Waals surface area contributed by atoms with Gasteiger partial charge in [-0.15, -0.1) is 0 Å². The van der Waals surface area contributed by atoms with Crippen molar-refractivity contribution in [2.75, 3.05) is 0 Å². The zero-order valence-corrected chi connectivity index (χ0v) is 12.6. The highest BCUT2D eigenvalue weighted by Crippen LogP contribution is 2.32. The summed E-state index contributed by atoms with van der Waals surface area (Å²) in [6.45, 7) is 12.3.